The largest absolute Gasteiger partial charge is 0.243 e. The number of nitrogens with two attached hydrogens (primary N) is 1. The summed E-state index contributed by atoms with van der Waals surface area (Å²) in [6, 6.07) is 2.03. The number of primary sulfonamides is 1. The van der Waals surface area contributed by atoms with Gasteiger partial charge in [-0.3, -0.25) is 0 Å². The second-order valence-electron chi connectivity index (χ2n) is 4.79. The van der Waals surface area contributed by atoms with E-state index in [9.17, 15) is 21.2 Å². The van der Waals surface area contributed by atoms with Crippen LogP contribution >= 0.6 is 0 Å². The fourth-order valence-corrected chi connectivity index (χ4v) is 3.30. The third kappa shape index (κ3) is 3.98. The third-order valence-corrected chi connectivity index (χ3v) is 5.37. The minimum Gasteiger partial charge on any atom is -0.225 e. The van der Waals surface area contributed by atoms with Crippen molar-refractivity contribution < 1.29 is 21.2 Å². The standard InChI is InChI=1S/C11H17FN2O4S2/c1-7(2)8(3)14-20(17,18)11-5-4-9(6-10(11)12)19(13,15)16/h4-8,14H,1-3H3,(H2,13,15,16). The van der Waals surface area contributed by atoms with E-state index in [-0.39, 0.29) is 5.92 Å². The number of nitrogens with one attached hydrogen (secondary N) is 1. The van der Waals surface area contributed by atoms with Crippen molar-refractivity contribution in [3.05, 3.63) is 24.0 Å². The van der Waals surface area contributed by atoms with Crippen molar-refractivity contribution in [1.82, 2.24) is 4.72 Å². The maximum Gasteiger partial charge on any atom is 0.243 e. The molecule has 1 atom stereocenters. The smallest absolute Gasteiger partial charge is 0.225 e. The minimum absolute atomic E-state index is 0.0246. The average molecular weight is 324 g/mol. The zero-order valence-electron chi connectivity index (χ0n) is 11.3. The molecule has 0 aliphatic heterocycles. The van der Waals surface area contributed by atoms with E-state index in [0.29, 0.717) is 6.07 Å². The summed E-state index contributed by atoms with van der Waals surface area (Å²) in [5.41, 5.74) is 0. The number of benzene rings is 1. The Bertz CT molecular complexity index is 699. The molecule has 0 amide bonds. The zero-order chi connectivity index (χ0) is 15.7. The molecule has 20 heavy (non-hydrogen) atoms. The first-order chi connectivity index (χ1) is 8.95. The number of sulfonamides is 2. The maximum absolute atomic E-state index is 13.8. The lowest BCUT2D eigenvalue weighted by atomic mass is 10.1. The van der Waals surface area contributed by atoms with Crippen LogP contribution in [0, 0.1) is 11.7 Å². The highest BCUT2D eigenvalue weighted by Crippen LogP contribution is 2.19. The summed E-state index contributed by atoms with van der Waals surface area (Å²) in [5.74, 6) is -1.14. The molecule has 0 spiro atoms. The Morgan fingerprint density at radius 2 is 1.70 bits per heavy atom. The molecule has 114 valence electrons. The molecule has 3 N–H and O–H groups in total. The van der Waals surface area contributed by atoms with Gasteiger partial charge < -0.3 is 0 Å². The van der Waals surface area contributed by atoms with Crippen LogP contribution in [-0.4, -0.2) is 22.9 Å². The topological polar surface area (TPSA) is 106 Å². The van der Waals surface area contributed by atoms with Crippen molar-refractivity contribution in [2.75, 3.05) is 0 Å². The molecule has 1 rings (SSSR count). The fraction of sp³-hybridized carbons (Fsp3) is 0.455. The van der Waals surface area contributed by atoms with Crippen LogP contribution in [0.2, 0.25) is 0 Å². The van der Waals surface area contributed by atoms with Gasteiger partial charge in [0, 0.05) is 6.04 Å². The van der Waals surface area contributed by atoms with Crippen LogP contribution in [0.4, 0.5) is 4.39 Å². The molecule has 0 aliphatic carbocycles. The molecule has 9 heteroatoms. The summed E-state index contributed by atoms with van der Waals surface area (Å²) >= 11 is 0. The Kier molecular flexibility index (Phi) is 4.90. The van der Waals surface area contributed by atoms with Crippen LogP contribution < -0.4 is 9.86 Å². The summed E-state index contributed by atoms with van der Waals surface area (Å²) < 4.78 is 62.2. The molecule has 0 aliphatic rings. The molecule has 1 aromatic rings. The molecular weight excluding hydrogens is 307 g/mol. The van der Waals surface area contributed by atoms with Gasteiger partial charge in [-0.05, 0) is 31.0 Å². The molecule has 0 fully saturated rings. The Balaban J connectivity index is 3.21. The molecule has 0 bridgehead atoms. The molecule has 1 unspecified atom stereocenters. The van der Waals surface area contributed by atoms with Crippen molar-refractivity contribution in [1.29, 1.82) is 0 Å². The Morgan fingerprint density at radius 3 is 2.10 bits per heavy atom. The van der Waals surface area contributed by atoms with Gasteiger partial charge in [0.15, 0.2) is 0 Å². The van der Waals surface area contributed by atoms with Crippen LogP contribution in [0.15, 0.2) is 28.0 Å². The summed E-state index contributed by atoms with van der Waals surface area (Å²) in [6.07, 6.45) is 0. The molecule has 0 heterocycles. The molecule has 0 aromatic heterocycles. The summed E-state index contributed by atoms with van der Waals surface area (Å²) in [4.78, 5) is -1.09. The van der Waals surface area contributed by atoms with Crippen LogP contribution in [0.5, 0.6) is 0 Å². The second-order valence-corrected chi connectivity index (χ2v) is 8.04. The van der Waals surface area contributed by atoms with E-state index in [4.69, 9.17) is 5.14 Å². The highest BCUT2D eigenvalue weighted by atomic mass is 32.2. The first kappa shape index (κ1) is 17.0. The van der Waals surface area contributed by atoms with Gasteiger partial charge in [-0.2, -0.15) is 0 Å². The van der Waals surface area contributed by atoms with E-state index in [1.165, 1.54) is 0 Å². The van der Waals surface area contributed by atoms with E-state index >= 15 is 0 Å². The Labute approximate surface area is 118 Å². The van der Waals surface area contributed by atoms with Crippen LogP contribution in [0.1, 0.15) is 20.8 Å². The summed E-state index contributed by atoms with van der Waals surface area (Å²) in [5, 5.41) is 4.85. The van der Waals surface area contributed by atoms with Gasteiger partial charge in [0.05, 0.1) is 4.90 Å². The zero-order valence-corrected chi connectivity index (χ0v) is 12.9. The van der Waals surface area contributed by atoms with Crippen molar-refractivity contribution in [3.8, 4) is 0 Å². The number of hydrogen-bond acceptors (Lipinski definition) is 4. The second kappa shape index (κ2) is 5.76. The molecule has 0 saturated carbocycles. The minimum atomic E-state index is -4.08. The van der Waals surface area contributed by atoms with Gasteiger partial charge >= 0.3 is 0 Å². The van der Waals surface area contributed by atoms with E-state index in [2.05, 4.69) is 4.72 Å². The molecule has 6 nitrogen and oxygen atoms in total. The van der Waals surface area contributed by atoms with E-state index in [0.717, 1.165) is 12.1 Å². The number of rotatable bonds is 5. The SMILES string of the molecule is CC(C)C(C)NS(=O)(=O)c1ccc(S(N)(=O)=O)cc1F. The van der Waals surface area contributed by atoms with Gasteiger partial charge in [0.2, 0.25) is 20.0 Å². The van der Waals surface area contributed by atoms with E-state index in [1.807, 2.05) is 13.8 Å². The van der Waals surface area contributed by atoms with Crippen molar-refractivity contribution in [2.45, 2.75) is 36.6 Å². The van der Waals surface area contributed by atoms with Gasteiger partial charge in [-0.25, -0.2) is 31.1 Å². The lowest BCUT2D eigenvalue weighted by Crippen LogP contribution is -2.36. The van der Waals surface area contributed by atoms with Crippen LogP contribution in [0.25, 0.3) is 0 Å². The molecule has 0 radical (unpaired) electrons. The van der Waals surface area contributed by atoms with Gasteiger partial charge in [-0.1, -0.05) is 13.8 Å². The Hall–Kier alpha value is -1.03. The van der Waals surface area contributed by atoms with Crippen molar-refractivity contribution >= 4 is 20.0 Å². The van der Waals surface area contributed by atoms with Crippen LogP contribution in [-0.2, 0) is 20.0 Å². The normalized spacial score (nSPS) is 14.5. The van der Waals surface area contributed by atoms with Gasteiger partial charge in [-0.15, -0.1) is 0 Å². The predicted octanol–water partition coefficient (Wildman–Crippen LogP) is 0.796. The van der Waals surface area contributed by atoms with Crippen LogP contribution in [0.3, 0.4) is 0 Å². The maximum atomic E-state index is 13.8. The summed E-state index contributed by atoms with van der Waals surface area (Å²) in [7, 11) is -8.14. The first-order valence-electron chi connectivity index (χ1n) is 5.80. The van der Waals surface area contributed by atoms with E-state index < -0.39 is 41.7 Å². The van der Waals surface area contributed by atoms with E-state index in [1.54, 1.807) is 6.92 Å². The lowest BCUT2D eigenvalue weighted by molar-refractivity contribution is 0.473. The quantitative estimate of drug-likeness (QED) is 0.835. The lowest BCUT2D eigenvalue weighted by Gasteiger charge is -2.17. The molecule has 1 aromatic carbocycles. The van der Waals surface area contributed by atoms with Gasteiger partial charge in [0.1, 0.15) is 10.7 Å². The summed E-state index contributed by atoms with van der Waals surface area (Å²) in [6.45, 7) is 5.28. The number of halogens is 1. The fourth-order valence-electron chi connectivity index (χ4n) is 1.32. The first-order valence-corrected chi connectivity index (χ1v) is 8.83. The average Bonchev–Trinajstić information content (AvgIpc) is 2.26. The Morgan fingerprint density at radius 1 is 1.15 bits per heavy atom. The molecular formula is C11H17FN2O4S2. The third-order valence-electron chi connectivity index (χ3n) is 2.86. The number of hydrogen-bond donors (Lipinski definition) is 2. The highest BCUT2D eigenvalue weighted by molar-refractivity contribution is 7.89. The monoisotopic (exact) mass is 324 g/mol. The molecule has 0 saturated heterocycles. The van der Waals surface area contributed by atoms with Crippen molar-refractivity contribution in [3.63, 3.8) is 0 Å². The van der Waals surface area contributed by atoms with Gasteiger partial charge in [0.25, 0.3) is 0 Å². The van der Waals surface area contributed by atoms with Crippen molar-refractivity contribution in [2.24, 2.45) is 11.1 Å². The highest BCUT2D eigenvalue weighted by Gasteiger charge is 2.24. The predicted molar refractivity (Wildman–Crippen MR) is 72.4 cm³/mol.